The maximum absolute atomic E-state index is 12.2. The van der Waals surface area contributed by atoms with E-state index in [9.17, 15) is 4.79 Å². The number of benzene rings is 2. The lowest BCUT2D eigenvalue weighted by atomic mass is 10.1. The molecule has 0 spiro atoms. The topological polar surface area (TPSA) is 70.7 Å². The van der Waals surface area contributed by atoms with Gasteiger partial charge in [-0.05, 0) is 36.8 Å². The summed E-state index contributed by atoms with van der Waals surface area (Å²) in [6.45, 7) is 2.09. The number of H-pyrrole nitrogens is 1. The van der Waals surface area contributed by atoms with Crippen molar-refractivity contribution in [3.05, 3.63) is 72.1 Å². The van der Waals surface area contributed by atoms with E-state index in [1.165, 1.54) is 6.33 Å². The van der Waals surface area contributed by atoms with Gasteiger partial charge < -0.3 is 5.32 Å². The Kier molecular flexibility index (Phi) is 4.73. The van der Waals surface area contributed by atoms with Gasteiger partial charge in [-0.2, -0.15) is 5.10 Å². The SMILES string of the molecule is C[C@H](Sc1ncn[nH]1)c1cccc(NC(=O)c2ccccc2)c1. The summed E-state index contributed by atoms with van der Waals surface area (Å²) in [5.41, 5.74) is 2.53. The van der Waals surface area contributed by atoms with E-state index in [4.69, 9.17) is 0 Å². The van der Waals surface area contributed by atoms with Crippen molar-refractivity contribution in [3.63, 3.8) is 0 Å². The predicted molar refractivity (Wildman–Crippen MR) is 91.5 cm³/mol. The van der Waals surface area contributed by atoms with Crippen molar-refractivity contribution >= 4 is 23.4 Å². The summed E-state index contributed by atoms with van der Waals surface area (Å²) in [4.78, 5) is 16.3. The summed E-state index contributed by atoms with van der Waals surface area (Å²) in [6.07, 6.45) is 1.49. The molecule has 6 heteroatoms. The van der Waals surface area contributed by atoms with Crippen molar-refractivity contribution in [2.45, 2.75) is 17.3 Å². The third-order valence-electron chi connectivity index (χ3n) is 3.33. The Morgan fingerprint density at radius 1 is 1.17 bits per heavy atom. The third-order valence-corrected chi connectivity index (χ3v) is 4.38. The number of carbonyl (C=O) groups excluding carboxylic acids is 1. The Morgan fingerprint density at radius 2 is 2.00 bits per heavy atom. The molecule has 0 aliphatic rings. The fraction of sp³-hybridized carbons (Fsp3) is 0.118. The van der Waals surface area contributed by atoms with Crippen LogP contribution >= 0.6 is 11.8 Å². The van der Waals surface area contributed by atoms with Gasteiger partial charge in [0.1, 0.15) is 6.33 Å². The van der Waals surface area contributed by atoms with E-state index in [-0.39, 0.29) is 11.2 Å². The van der Waals surface area contributed by atoms with E-state index >= 15 is 0 Å². The first-order valence-corrected chi connectivity index (χ1v) is 8.09. The highest BCUT2D eigenvalue weighted by Gasteiger charge is 2.11. The van der Waals surface area contributed by atoms with Crippen molar-refractivity contribution in [1.29, 1.82) is 0 Å². The van der Waals surface area contributed by atoms with Gasteiger partial charge in [-0.3, -0.25) is 9.89 Å². The molecule has 1 atom stereocenters. The summed E-state index contributed by atoms with van der Waals surface area (Å²) >= 11 is 1.59. The fourth-order valence-electron chi connectivity index (χ4n) is 2.15. The Bertz CT molecular complexity index is 774. The quantitative estimate of drug-likeness (QED) is 0.698. The average Bonchev–Trinajstić information content (AvgIpc) is 3.09. The molecule has 0 aliphatic heterocycles. The number of amides is 1. The zero-order valence-corrected chi connectivity index (χ0v) is 13.4. The summed E-state index contributed by atoms with van der Waals surface area (Å²) in [5.74, 6) is -0.113. The summed E-state index contributed by atoms with van der Waals surface area (Å²) < 4.78 is 0. The van der Waals surface area contributed by atoms with Gasteiger partial charge in [0.2, 0.25) is 0 Å². The molecule has 2 aromatic carbocycles. The molecular formula is C17H16N4OS. The van der Waals surface area contributed by atoms with Crippen LogP contribution in [0.15, 0.2) is 66.1 Å². The van der Waals surface area contributed by atoms with Crippen LogP contribution in [0.5, 0.6) is 0 Å². The fourth-order valence-corrected chi connectivity index (χ4v) is 2.98. The average molecular weight is 324 g/mol. The third kappa shape index (κ3) is 3.98. The van der Waals surface area contributed by atoms with Gasteiger partial charge in [0.25, 0.3) is 5.91 Å². The number of hydrogen-bond acceptors (Lipinski definition) is 4. The molecule has 3 aromatic rings. The first kappa shape index (κ1) is 15.3. The highest BCUT2D eigenvalue weighted by Crippen LogP contribution is 2.33. The molecule has 3 rings (SSSR count). The normalized spacial score (nSPS) is 11.9. The van der Waals surface area contributed by atoms with Crippen molar-refractivity contribution < 1.29 is 4.79 Å². The number of aromatic nitrogens is 3. The van der Waals surface area contributed by atoms with Crippen LogP contribution in [0.4, 0.5) is 5.69 Å². The standard InChI is InChI=1S/C17H16N4OS/c1-12(23-17-18-11-19-21-17)14-8-5-9-15(10-14)20-16(22)13-6-3-2-4-7-13/h2-12H,1H3,(H,20,22)(H,18,19,21)/t12-/m0/s1. The molecule has 0 aliphatic carbocycles. The second-order valence-corrected chi connectivity index (χ2v) is 6.33. The van der Waals surface area contributed by atoms with E-state index in [2.05, 4.69) is 27.4 Å². The highest BCUT2D eigenvalue weighted by atomic mass is 32.2. The number of nitrogens with zero attached hydrogens (tertiary/aromatic N) is 2. The van der Waals surface area contributed by atoms with E-state index in [0.29, 0.717) is 5.56 Å². The molecule has 1 aromatic heterocycles. The molecule has 0 unspecified atom stereocenters. The molecular weight excluding hydrogens is 308 g/mol. The molecule has 1 amide bonds. The zero-order valence-electron chi connectivity index (χ0n) is 12.6. The Labute approximate surface area is 138 Å². The van der Waals surface area contributed by atoms with Crippen LogP contribution in [0.1, 0.15) is 28.1 Å². The number of nitrogens with one attached hydrogen (secondary N) is 2. The van der Waals surface area contributed by atoms with Gasteiger partial charge in [0, 0.05) is 16.5 Å². The van der Waals surface area contributed by atoms with Crippen molar-refractivity contribution in [2.24, 2.45) is 0 Å². The van der Waals surface area contributed by atoms with Gasteiger partial charge in [0.05, 0.1) is 0 Å². The molecule has 0 bridgehead atoms. The van der Waals surface area contributed by atoms with Crippen molar-refractivity contribution in [2.75, 3.05) is 5.32 Å². The van der Waals surface area contributed by atoms with Gasteiger partial charge in [-0.1, -0.05) is 42.1 Å². The molecule has 2 N–H and O–H groups in total. The number of anilines is 1. The molecule has 1 heterocycles. The van der Waals surface area contributed by atoms with Crippen molar-refractivity contribution in [1.82, 2.24) is 15.2 Å². The monoisotopic (exact) mass is 324 g/mol. The van der Waals surface area contributed by atoms with Crippen LogP contribution in [-0.4, -0.2) is 21.1 Å². The first-order valence-electron chi connectivity index (χ1n) is 7.21. The lowest BCUT2D eigenvalue weighted by Crippen LogP contribution is -2.11. The number of hydrogen-bond donors (Lipinski definition) is 2. The molecule has 0 saturated heterocycles. The minimum Gasteiger partial charge on any atom is -0.322 e. The number of thioether (sulfide) groups is 1. The van der Waals surface area contributed by atoms with Crippen LogP contribution in [0, 0.1) is 0 Å². The number of rotatable bonds is 5. The van der Waals surface area contributed by atoms with Gasteiger partial charge in [-0.15, -0.1) is 0 Å². The Hall–Kier alpha value is -2.60. The van der Waals surface area contributed by atoms with Gasteiger partial charge >= 0.3 is 0 Å². The summed E-state index contributed by atoms with van der Waals surface area (Å²) in [7, 11) is 0. The summed E-state index contributed by atoms with van der Waals surface area (Å²) in [6, 6.07) is 17.0. The lowest BCUT2D eigenvalue weighted by molar-refractivity contribution is 0.102. The Morgan fingerprint density at radius 3 is 2.74 bits per heavy atom. The molecule has 5 nitrogen and oxygen atoms in total. The van der Waals surface area contributed by atoms with E-state index in [1.807, 2.05) is 42.5 Å². The Balaban J connectivity index is 1.71. The van der Waals surface area contributed by atoms with E-state index in [0.717, 1.165) is 16.4 Å². The van der Waals surface area contributed by atoms with Crippen LogP contribution in [0.3, 0.4) is 0 Å². The van der Waals surface area contributed by atoms with Crippen molar-refractivity contribution in [3.8, 4) is 0 Å². The van der Waals surface area contributed by atoms with Gasteiger partial charge in [-0.25, -0.2) is 4.98 Å². The van der Waals surface area contributed by atoms with Crippen LogP contribution < -0.4 is 5.32 Å². The molecule has 0 fully saturated rings. The minimum atomic E-state index is -0.113. The lowest BCUT2D eigenvalue weighted by Gasteiger charge is -2.12. The highest BCUT2D eigenvalue weighted by molar-refractivity contribution is 7.99. The van der Waals surface area contributed by atoms with Crippen LogP contribution in [0.25, 0.3) is 0 Å². The maximum Gasteiger partial charge on any atom is 0.255 e. The number of aromatic amines is 1. The largest absolute Gasteiger partial charge is 0.322 e. The molecule has 116 valence electrons. The van der Waals surface area contributed by atoms with Crippen LogP contribution in [-0.2, 0) is 0 Å². The molecule has 23 heavy (non-hydrogen) atoms. The maximum atomic E-state index is 12.2. The number of carbonyl (C=O) groups is 1. The predicted octanol–water partition coefficient (Wildman–Crippen LogP) is 3.91. The second-order valence-electron chi connectivity index (χ2n) is 5.00. The zero-order chi connectivity index (χ0) is 16.1. The second kappa shape index (κ2) is 7.11. The molecule has 0 radical (unpaired) electrons. The van der Waals surface area contributed by atoms with E-state index < -0.39 is 0 Å². The van der Waals surface area contributed by atoms with Gasteiger partial charge in [0.15, 0.2) is 5.16 Å². The first-order chi connectivity index (χ1) is 11.2. The smallest absolute Gasteiger partial charge is 0.255 e. The molecule has 0 saturated carbocycles. The van der Waals surface area contributed by atoms with E-state index in [1.54, 1.807) is 23.9 Å². The summed E-state index contributed by atoms with van der Waals surface area (Å²) in [5, 5.41) is 10.6. The van der Waals surface area contributed by atoms with Crippen LogP contribution in [0.2, 0.25) is 0 Å². The minimum absolute atomic E-state index is 0.113.